The molecule has 0 amide bonds. The zero-order valence-corrected chi connectivity index (χ0v) is 12.7. The predicted octanol–water partition coefficient (Wildman–Crippen LogP) is 1.61. The molecule has 1 aromatic carbocycles. The van der Waals surface area contributed by atoms with Crippen LogP contribution in [0.5, 0.6) is 0 Å². The van der Waals surface area contributed by atoms with Gasteiger partial charge < -0.3 is 14.4 Å². The number of aromatic carboxylic acids is 1. The Bertz CT molecular complexity index is 763. The number of carbonyl (C=O) groups is 1. The molecule has 0 saturated carbocycles. The molecule has 21 heavy (non-hydrogen) atoms. The van der Waals surface area contributed by atoms with Crippen molar-refractivity contribution in [1.82, 2.24) is 4.90 Å². The van der Waals surface area contributed by atoms with Gasteiger partial charge in [0.1, 0.15) is 15.4 Å². The van der Waals surface area contributed by atoms with Crippen molar-refractivity contribution in [3.63, 3.8) is 0 Å². The van der Waals surface area contributed by atoms with Gasteiger partial charge in [-0.05, 0) is 13.1 Å². The topological polar surface area (TPSA) is 87.8 Å². The van der Waals surface area contributed by atoms with Crippen molar-refractivity contribution < 1.29 is 22.7 Å². The van der Waals surface area contributed by atoms with Gasteiger partial charge >= 0.3 is 5.97 Å². The lowest BCUT2D eigenvalue weighted by Gasteiger charge is -2.15. The van der Waals surface area contributed by atoms with Crippen molar-refractivity contribution >= 4 is 26.8 Å². The maximum atomic E-state index is 11.3. The van der Waals surface area contributed by atoms with Gasteiger partial charge in [-0.2, -0.15) is 0 Å². The summed E-state index contributed by atoms with van der Waals surface area (Å²) in [7, 11) is -1.30. The molecular weight excluding hydrogens is 294 g/mol. The molecule has 1 heterocycles. The highest BCUT2D eigenvalue weighted by molar-refractivity contribution is 7.90. The van der Waals surface area contributed by atoms with E-state index in [0.717, 1.165) is 5.39 Å². The molecular formula is C14H17NO5S. The summed E-state index contributed by atoms with van der Waals surface area (Å²) < 4.78 is 27.7. The number of rotatable bonds is 6. The summed E-state index contributed by atoms with van der Waals surface area (Å²) in [5.74, 6) is -1.19. The van der Waals surface area contributed by atoms with E-state index >= 15 is 0 Å². The molecule has 0 aliphatic heterocycles. The molecule has 0 unspecified atom stereocenters. The smallest absolute Gasteiger partial charge is 0.372 e. The zero-order chi connectivity index (χ0) is 15.6. The van der Waals surface area contributed by atoms with Gasteiger partial charge in [0.25, 0.3) is 0 Å². The van der Waals surface area contributed by atoms with Gasteiger partial charge in [-0.15, -0.1) is 0 Å². The minimum absolute atomic E-state index is 0.0295. The van der Waals surface area contributed by atoms with E-state index in [9.17, 15) is 18.3 Å². The summed E-state index contributed by atoms with van der Waals surface area (Å²) in [6, 6.07) is 7.09. The van der Waals surface area contributed by atoms with E-state index in [0.29, 0.717) is 24.2 Å². The average Bonchev–Trinajstić information content (AvgIpc) is 2.75. The van der Waals surface area contributed by atoms with Gasteiger partial charge in [0.2, 0.25) is 5.76 Å². The van der Waals surface area contributed by atoms with Crippen LogP contribution in [0.3, 0.4) is 0 Å². The molecule has 0 bridgehead atoms. The number of carboxylic acids is 1. The van der Waals surface area contributed by atoms with Crippen LogP contribution in [-0.2, 0) is 16.4 Å². The highest BCUT2D eigenvalue weighted by Crippen LogP contribution is 2.26. The van der Waals surface area contributed by atoms with Gasteiger partial charge in [-0.1, -0.05) is 18.2 Å². The fourth-order valence-corrected chi connectivity index (χ4v) is 2.74. The molecule has 0 saturated heterocycles. The lowest BCUT2D eigenvalue weighted by atomic mass is 10.1. The van der Waals surface area contributed by atoms with Crippen molar-refractivity contribution in [2.45, 2.75) is 6.54 Å². The molecule has 0 spiro atoms. The lowest BCUT2D eigenvalue weighted by Crippen LogP contribution is -2.25. The van der Waals surface area contributed by atoms with Crippen LogP contribution >= 0.6 is 0 Å². The Morgan fingerprint density at radius 3 is 2.62 bits per heavy atom. The fraction of sp³-hybridized carbons (Fsp3) is 0.357. The molecule has 2 aromatic rings. The number of sulfone groups is 1. The molecule has 1 aromatic heterocycles. The van der Waals surface area contributed by atoms with Crippen LogP contribution in [0, 0.1) is 0 Å². The quantitative estimate of drug-likeness (QED) is 0.872. The zero-order valence-electron chi connectivity index (χ0n) is 11.9. The van der Waals surface area contributed by atoms with E-state index < -0.39 is 15.8 Å². The van der Waals surface area contributed by atoms with E-state index in [2.05, 4.69) is 0 Å². The maximum absolute atomic E-state index is 11.3. The van der Waals surface area contributed by atoms with Gasteiger partial charge in [0.15, 0.2) is 0 Å². The van der Waals surface area contributed by atoms with E-state index in [1.807, 2.05) is 6.07 Å². The van der Waals surface area contributed by atoms with Crippen molar-refractivity contribution in [1.29, 1.82) is 0 Å². The number of furan rings is 1. The Hall–Kier alpha value is -1.86. The molecule has 1 N–H and O–H groups in total. The Labute approximate surface area is 122 Å². The maximum Gasteiger partial charge on any atom is 0.372 e. The lowest BCUT2D eigenvalue weighted by molar-refractivity contribution is 0.0662. The molecule has 0 atom stereocenters. The summed E-state index contributed by atoms with van der Waals surface area (Å²) in [4.78, 5) is 13.1. The number of hydrogen-bond acceptors (Lipinski definition) is 5. The largest absolute Gasteiger partial charge is 0.475 e. The third-order valence-corrected chi connectivity index (χ3v) is 4.09. The van der Waals surface area contributed by atoms with Crippen molar-refractivity contribution in [3.05, 3.63) is 35.6 Å². The van der Waals surface area contributed by atoms with Crippen molar-refractivity contribution in [2.75, 3.05) is 25.6 Å². The molecule has 0 aliphatic rings. The van der Waals surface area contributed by atoms with Gasteiger partial charge in [-0.25, -0.2) is 13.2 Å². The second-order valence-corrected chi connectivity index (χ2v) is 7.34. The number of para-hydroxylation sites is 1. The Morgan fingerprint density at radius 2 is 2.00 bits per heavy atom. The molecule has 0 aliphatic carbocycles. The van der Waals surface area contributed by atoms with Crippen LogP contribution in [0.1, 0.15) is 16.1 Å². The van der Waals surface area contributed by atoms with Crippen LogP contribution in [0.2, 0.25) is 0 Å². The summed E-state index contributed by atoms with van der Waals surface area (Å²) in [6.07, 6.45) is 1.18. The summed E-state index contributed by atoms with van der Waals surface area (Å²) >= 11 is 0. The second kappa shape index (κ2) is 5.87. The van der Waals surface area contributed by atoms with Crippen LogP contribution in [0.15, 0.2) is 28.7 Å². The molecule has 114 valence electrons. The summed E-state index contributed by atoms with van der Waals surface area (Å²) in [5, 5.41) is 9.97. The average molecular weight is 311 g/mol. The minimum atomic E-state index is -3.05. The summed E-state index contributed by atoms with van der Waals surface area (Å²) in [5.41, 5.74) is 1.08. The minimum Gasteiger partial charge on any atom is -0.475 e. The molecule has 2 rings (SSSR count). The van der Waals surface area contributed by atoms with E-state index in [1.54, 1.807) is 30.1 Å². The van der Waals surface area contributed by atoms with E-state index in [1.165, 1.54) is 6.26 Å². The van der Waals surface area contributed by atoms with Gasteiger partial charge in [-0.3, -0.25) is 0 Å². The second-order valence-electron chi connectivity index (χ2n) is 5.08. The Balaban J connectivity index is 2.28. The first-order valence-corrected chi connectivity index (χ1v) is 8.44. The van der Waals surface area contributed by atoms with Gasteiger partial charge in [0.05, 0.1) is 5.75 Å². The first-order valence-electron chi connectivity index (χ1n) is 6.38. The van der Waals surface area contributed by atoms with Crippen molar-refractivity contribution in [2.24, 2.45) is 0 Å². The third-order valence-electron chi connectivity index (χ3n) is 3.16. The van der Waals surface area contributed by atoms with Crippen LogP contribution in [0.25, 0.3) is 11.0 Å². The molecule has 0 radical (unpaired) electrons. The monoisotopic (exact) mass is 311 g/mol. The number of benzene rings is 1. The number of fused-ring (bicyclic) bond motifs is 1. The molecule has 0 fully saturated rings. The molecule has 6 nitrogen and oxygen atoms in total. The fourth-order valence-electron chi connectivity index (χ4n) is 2.10. The van der Waals surface area contributed by atoms with Gasteiger partial charge in [0, 0.05) is 30.3 Å². The number of nitrogens with zero attached hydrogens (tertiary/aromatic N) is 1. The highest BCUT2D eigenvalue weighted by Gasteiger charge is 2.20. The van der Waals surface area contributed by atoms with Crippen LogP contribution in [-0.4, -0.2) is 50.0 Å². The van der Waals surface area contributed by atoms with E-state index in [4.69, 9.17) is 4.42 Å². The Kier molecular flexibility index (Phi) is 4.34. The number of carboxylic acid groups (broad SMARTS) is 1. The third kappa shape index (κ3) is 3.83. The Morgan fingerprint density at radius 1 is 1.33 bits per heavy atom. The first kappa shape index (κ1) is 15.5. The predicted molar refractivity (Wildman–Crippen MR) is 79.2 cm³/mol. The normalized spacial score (nSPS) is 12.1. The van der Waals surface area contributed by atoms with Crippen LogP contribution in [0.4, 0.5) is 0 Å². The highest BCUT2D eigenvalue weighted by atomic mass is 32.2. The standard InChI is InChI=1S/C14H17NO5S/c1-15(7-8-21(2,18)19)9-11-10-5-3-4-6-12(10)20-13(11)14(16)17/h3-6H,7-9H2,1-2H3,(H,16,17). The SMILES string of the molecule is CN(CCS(C)(=O)=O)Cc1c(C(=O)O)oc2ccccc12. The first-order chi connectivity index (χ1) is 9.78. The van der Waals surface area contributed by atoms with Crippen molar-refractivity contribution in [3.8, 4) is 0 Å². The molecule has 7 heteroatoms. The summed E-state index contributed by atoms with van der Waals surface area (Å²) in [6.45, 7) is 0.644. The van der Waals surface area contributed by atoms with E-state index in [-0.39, 0.29) is 11.5 Å². The number of hydrogen-bond donors (Lipinski definition) is 1. The van der Waals surface area contributed by atoms with Crippen LogP contribution < -0.4 is 0 Å².